The van der Waals surface area contributed by atoms with Crippen LogP contribution in [-0.4, -0.2) is 30.4 Å². The molecule has 4 aromatic rings. The molecule has 176 valence electrons. The number of carbonyl (C=O) groups is 2. The Morgan fingerprint density at radius 3 is 2.00 bits per heavy atom. The summed E-state index contributed by atoms with van der Waals surface area (Å²) in [6.07, 6.45) is 0.738. The first kappa shape index (κ1) is 23.8. The van der Waals surface area contributed by atoms with Gasteiger partial charge in [-0.2, -0.15) is 0 Å². The van der Waals surface area contributed by atoms with E-state index in [1.807, 2.05) is 66.7 Å². The van der Waals surface area contributed by atoms with E-state index in [2.05, 4.69) is 5.32 Å². The van der Waals surface area contributed by atoms with Crippen molar-refractivity contribution in [3.05, 3.63) is 131 Å². The molecule has 0 aliphatic rings. The number of carbonyl (C=O) groups excluding carboxylic acids is 2. The normalized spacial score (nSPS) is 10.4. The largest absolute Gasteiger partial charge is 0.492 e. The zero-order valence-corrected chi connectivity index (χ0v) is 19.7. The Hall–Kier alpha value is -4.38. The lowest BCUT2D eigenvalue weighted by Gasteiger charge is -2.20. The van der Waals surface area contributed by atoms with E-state index >= 15 is 0 Å². The second-order valence-electron chi connectivity index (χ2n) is 8.23. The molecule has 0 aliphatic carbocycles. The maximum Gasteiger partial charge on any atom is 0.259 e. The number of benzene rings is 4. The van der Waals surface area contributed by atoms with Crippen molar-refractivity contribution in [2.75, 3.05) is 19.0 Å². The van der Waals surface area contributed by atoms with Gasteiger partial charge in [-0.25, -0.2) is 0 Å². The summed E-state index contributed by atoms with van der Waals surface area (Å²) in [6.45, 7) is 0.924. The number of amides is 2. The van der Waals surface area contributed by atoms with E-state index in [-0.39, 0.29) is 11.8 Å². The van der Waals surface area contributed by atoms with Crippen LogP contribution in [0.2, 0.25) is 0 Å². The molecule has 0 spiro atoms. The third-order valence-electron chi connectivity index (χ3n) is 5.64. The number of hydrogen-bond donors (Lipinski definition) is 1. The summed E-state index contributed by atoms with van der Waals surface area (Å²) in [5.41, 5.74) is 3.51. The van der Waals surface area contributed by atoms with E-state index < -0.39 is 0 Å². The van der Waals surface area contributed by atoms with Gasteiger partial charge in [0.15, 0.2) is 0 Å². The monoisotopic (exact) mass is 464 g/mol. The second-order valence-corrected chi connectivity index (χ2v) is 8.23. The predicted octanol–water partition coefficient (Wildman–Crippen LogP) is 5.83. The predicted molar refractivity (Wildman–Crippen MR) is 139 cm³/mol. The van der Waals surface area contributed by atoms with Crippen molar-refractivity contribution in [3.63, 3.8) is 0 Å². The van der Waals surface area contributed by atoms with Gasteiger partial charge >= 0.3 is 0 Å². The number of nitrogens with zero attached hydrogens (tertiary/aromatic N) is 1. The summed E-state index contributed by atoms with van der Waals surface area (Å²) in [4.78, 5) is 28.0. The van der Waals surface area contributed by atoms with Gasteiger partial charge in [-0.15, -0.1) is 0 Å². The zero-order valence-electron chi connectivity index (χ0n) is 19.7. The highest BCUT2D eigenvalue weighted by molar-refractivity contribution is 6.10. The second kappa shape index (κ2) is 11.7. The van der Waals surface area contributed by atoms with E-state index in [1.54, 1.807) is 54.4 Å². The van der Waals surface area contributed by atoms with Gasteiger partial charge in [0.25, 0.3) is 11.8 Å². The molecular formula is C30H28N2O3. The molecule has 0 bridgehead atoms. The molecule has 0 unspecified atom stereocenters. The summed E-state index contributed by atoms with van der Waals surface area (Å²) >= 11 is 0. The minimum Gasteiger partial charge on any atom is -0.492 e. The number of ether oxygens (including phenoxy) is 1. The van der Waals surface area contributed by atoms with Crippen LogP contribution >= 0.6 is 0 Å². The Balaban J connectivity index is 1.45. The lowest BCUT2D eigenvalue weighted by atomic mass is 10.1. The van der Waals surface area contributed by atoms with Crippen LogP contribution in [0.5, 0.6) is 5.75 Å². The Kier molecular flexibility index (Phi) is 7.92. The van der Waals surface area contributed by atoms with Crippen molar-refractivity contribution in [1.29, 1.82) is 0 Å². The lowest BCUT2D eigenvalue weighted by molar-refractivity contribution is 0.0786. The Morgan fingerprint density at radius 2 is 1.29 bits per heavy atom. The summed E-state index contributed by atoms with van der Waals surface area (Å²) in [5.74, 6) is 0.00866. The molecule has 0 radical (unpaired) electrons. The fourth-order valence-corrected chi connectivity index (χ4v) is 3.81. The first-order chi connectivity index (χ1) is 17.1. The van der Waals surface area contributed by atoms with Crippen LogP contribution in [0.3, 0.4) is 0 Å². The quantitative estimate of drug-likeness (QED) is 0.339. The summed E-state index contributed by atoms with van der Waals surface area (Å²) < 4.78 is 5.95. The van der Waals surface area contributed by atoms with Crippen LogP contribution < -0.4 is 10.1 Å². The minimum absolute atomic E-state index is 0.169. The third-order valence-corrected chi connectivity index (χ3v) is 5.64. The van der Waals surface area contributed by atoms with Crippen LogP contribution in [0, 0.1) is 0 Å². The Morgan fingerprint density at radius 1 is 0.714 bits per heavy atom. The molecule has 0 fully saturated rings. The van der Waals surface area contributed by atoms with Gasteiger partial charge in [0.1, 0.15) is 5.75 Å². The fourth-order valence-electron chi connectivity index (χ4n) is 3.81. The van der Waals surface area contributed by atoms with Gasteiger partial charge in [-0.3, -0.25) is 9.59 Å². The molecule has 5 nitrogen and oxygen atoms in total. The van der Waals surface area contributed by atoms with Crippen molar-refractivity contribution in [3.8, 4) is 5.75 Å². The molecular weight excluding hydrogens is 436 g/mol. The van der Waals surface area contributed by atoms with Gasteiger partial charge in [-0.05, 0) is 35.4 Å². The van der Waals surface area contributed by atoms with Crippen molar-refractivity contribution < 1.29 is 14.3 Å². The van der Waals surface area contributed by atoms with E-state index in [0.29, 0.717) is 35.7 Å². The highest BCUT2D eigenvalue weighted by Crippen LogP contribution is 2.23. The molecule has 0 saturated heterocycles. The van der Waals surface area contributed by atoms with Crippen LogP contribution in [0.1, 0.15) is 31.8 Å². The van der Waals surface area contributed by atoms with Crippen LogP contribution in [-0.2, 0) is 13.0 Å². The molecule has 1 N–H and O–H groups in total. The molecule has 0 saturated carbocycles. The maximum absolute atomic E-state index is 13.2. The van der Waals surface area contributed by atoms with E-state index in [0.717, 1.165) is 12.0 Å². The SMILES string of the molecule is CN(Cc1ccccc1)C(=O)c1ccccc1NC(=O)c1ccccc1OCCc1ccccc1. The van der Waals surface area contributed by atoms with Gasteiger partial charge in [-0.1, -0.05) is 84.9 Å². The van der Waals surface area contributed by atoms with Crippen LogP contribution in [0.25, 0.3) is 0 Å². The van der Waals surface area contributed by atoms with Crippen molar-refractivity contribution in [1.82, 2.24) is 4.90 Å². The number of nitrogens with one attached hydrogen (secondary N) is 1. The molecule has 2 amide bonds. The van der Waals surface area contributed by atoms with Gasteiger partial charge in [0, 0.05) is 20.0 Å². The first-order valence-corrected chi connectivity index (χ1v) is 11.6. The van der Waals surface area contributed by atoms with Gasteiger partial charge in [0.05, 0.1) is 23.4 Å². The molecule has 5 heteroatoms. The van der Waals surface area contributed by atoms with Gasteiger partial charge < -0.3 is 15.0 Å². The molecule has 4 aromatic carbocycles. The minimum atomic E-state index is -0.328. The smallest absolute Gasteiger partial charge is 0.259 e. The van der Waals surface area contributed by atoms with Crippen molar-refractivity contribution >= 4 is 17.5 Å². The molecule has 0 aliphatic heterocycles. The summed E-state index contributed by atoms with van der Waals surface area (Å²) in [5, 5.41) is 2.91. The zero-order chi connectivity index (χ0) is 24.5. The Bertz CT molecular complexity index is 1270. The summed E-state index contributed by atoms with van der Waals surface area (Å²) in [7, 11) is 1.75. The van der Waals surface area contributed by atoms with E-state index in [1.165, 1.54) is 5.56 Å². The Labute approximate surface area is 206 Å². The number of anilines is 1. The molecule has 0 atom stereocenters. The standard InChI is InChI=1S/C30H28N2O3/c1-32(22-24-14-6-3-7-15-24)30(34)25-16-8-10-18-27(25)31-29(33)26-17-9-11-19-28(26)35-21-20-23-12-4-2-5-13-23/h2-19H,20-22H2,1H3,(H,31,33). The average Bonchev–Trinajstić information content (AvgIpc) is 2.90. The number of para-hydroxylation sites is 2. The number of hydrogen-bond acceptors (Lipinski definition) is 3. The van der Waals surface area contributed by atoms with Crippen LogP contribution in [0.4, 0.5) is 5.69 Å². The topological polar surface area (TPSA) is 58.6 Å². The molecule has 4 rings (SSSR count). The average molecular weight is 465 g/mol. The number of rotatable bonds is 9. The third kappa shape index (κ3) is 6.36. The molecule has 35 heavy (non-hydrogen) atoms. The van der Waals surface area contributed by atoms with Gasteiger partial charge in [0.2, 0.25) is 0 Å². The van der Waals surface area contributed by atoms with E-state index in [4.69, 9.17) is 4.74 Å². The summed E-state index contributed by atoms with van der Waals surface area (Å²) in [6, 6.07) is 34.0. The van der Waals surface area contributed by atoms with Crippen LogP contribution in [0.15, 0.2) is 109 Å². The molecule has 0 aromatic heterocycles. The van der Waals surface area contributed by atoms with Crippen molar-refractivity contribution in [2.45, 2.75) is 13.0 Å². The first-order valence-electron chi connectivity index (χ1n) is 11.6. The fraction of sp³-hybridized carbons (Fsp3) is 0.133. The molecule has 0 heterocycles. The van der Waals surface area contributed by atoms with E-state index in [9.17, 15) is 9.59 Å². The lowest BCUT2D eigenvalue weighted by Crippen LogP contribution is -2.27. The maximum atomic E-state index is 13.2. The highest BCUT2D eigenvalue weighted by Gasteiger charge is 2.19. The highest BCUT2D eigenvalue weighted by atomic mass is 16.5. The van der Waals surface area contributed by atoms with Crippen molar-refractivity contribution in [2.24, 2.45) is 0 Å².